The number of hydrogen-bond donors (Lipinski definition) is 2. The number of anilines is 2. The van der Waals surface area contributed by atoms with Gasteiger partial charge in [-0.2, -0.15) is 5.10 Å². The van der Waals surface area contributed by atoms with E-state index in [0.717, 1.165) is 67.7 Å². The normalized spacial score (nSPS) is 16.3. The van der Waals surface area contributed by atoms with Gasteiger partial charge in [-0.05, 0) is 61.9 Å². The van der Waals surface area contributed by atoms with E-state index in [-0.39, 0.29) is 5.91 Å². The number of nitrogens with one attached hydrogen (secondary N) is 2. The Labute approximate surface area is 205 Å². The minimum Gasteiger partial charge on any atom is -0.379 e. The van der Waals surface area contributed by atoms with Crippen LogP contribution in [0, 0.1) is 12.8 Å². The van der Waals surface area contributed by atoms with Crippen molar-refractivity contribution in [3.05, 3.63) is 53.5 Å². The SMILES string of the molecule is Cc1cnc(Nc2ccc(C(=O)NCCN3CCOCC3)cc2)nc1-c1cnn(C)c1CC1CC1. The summed E-state index contributed by atoms with van der Waals surface area (Å²) >= 11 is 0. The molecule has 2 N–H and O–H groups in total. The summed E-state index contributed by atoms with van der Waals surface area (Å²) in [7, 11) is 2.00. The number of carbonyl (C=O) groups excluding carboxylic acids is 1. The molecule has 3 aromatic rings. The van der Waals surface area contributed by atoms with Gasteiger partial charge in [0, 0.05) is 61.9 Å². The standard InChI is InChI=1S/C26H33N7O2/c1-18-16-28-26(31-24(18)22-17-29-32(2)23(22)15-19-3-4-19)30-21-7-5-20(6-8-21)25(34)27-9-10-33-11-13-35-14-12-33/h5-8,16-17,19H,3-4,9-15H2,1-2H3,(H,27,34)(H,28,30,31). The lowest BCUT2D eigenvalue weighted by Crippen LogP contribution is -2.41. The maximum atomic E-state index is 12.5. The first-order valence-electron chi connectivity index (χ1n) is 12.4. The zero-order valence-corrected chi connectivity index (χ0v) is 20.5. The summed E-state index contributed by atoms with van der Waals surface area (Å²) in [5, 5.41) is 10.8. The van der Waals surface area contributed by atoms with Crippen LogP contribution < -0.4 is 10.6 Å². The average molecular weight is 476 g/mol. The molecule has 9 nitrogen and oxygen atoms in total. The van der Waals surface area contributed by atoms with Gasteiger partial charge < -0.3 is 15.4 Å². The fraction of sp³-hybridized carbons (Fsp3) is 0.462. The number of aromatic nitrogens is 4. The van der Waals surface area contributed by atoms with Crippen molar-refractivity contribution in [3.63, 3.8) is 0 Å². The van der Waals surface area contributed by atoms with Crippen molar-refractivity contribution in [3.8, 4) is 11.3 Å². The van der Waals surface area contributed by atoms with Gasteiger partial charge in [0.2, 0.25) is 5.95 Å². The summed E-state index contributed by atoms with van der Waals surface area (Å²) in [5.74, 6) is 1.21. The highest BCUT2D eigenvalue weighted by Crippen LogP contribution is 2.36. The summed E-state index contributed by atoms with van der Waals surface area (Å²) in [6.45, 7) is 6.84. The van der Waals surface area contributed by atoms with Crippen molar-refractivity contribution in [2.45, 2.75) is 26.2 Å². The summed E-state index contributed by atoms with van der Waals surface area (Å²) in [6.07, 6.45) is 7.37. The lowest BCUT2D eigenvalue weighted by molar-refractivity contribution is 0.0383. The van der Waals surface area contributed by atoms with Gasteiger partial charge in [0.05, 0.1) is 25.1 Å². The number of morpholine rings is 1. The highest BCUT2D eigenvalue weighted by Gasteiger charge is 2.26. The third kappa shape index (κ3) is 5.86. The second-order valence-electron chi connectivity index (χ2n) is 9.41. The lowest BCUT2D eigenvalue weighted by atomic mass is 10.1. The molecule has 0 spiro atoms. The molecule has 0 radical (unpaired) electrons. The first-order valence-corrected chi connectivity index (χ1v) is 12.4. The molecule has 1 aliphatic heterocycles. The predicted molar refractivity (Wildman–Crippen MR) is 135 cm³/mol. The number of rotatable bonds is 9. The van der Waals surface area contributed by atoms with Crippen molar-refractivity contribution < 1.29 is 9.53 Å². The molecule has 0 bridgehead atoms. The monoisotopic (exact) mass is 475 g/mol. The van der Waals surface area contributed by atoms with E-state index < -0.39 is 0 Å². The van der Waals surface area contributed by atoms with Crippen LogP contribution in [0.25, 0.3) is 11.3 Å². The van der Waals surface area contributed by atoms with Gasteiger partial charge in [0.25, 0.3) is 5.91 Å². The van der Waals surface area contributed by atoms with Crippen LogP contribution in [0.1, 0.15) is 34.5 Å². The number of amides is 1. The molecule has 1 amide bonds. The molecule has 2 aliphatic rings. The predicted octanol–water partition coefficient (Wildman–Crippen LogP) is 2.94. The number of ether oxygens (including phenoxy) is 1. The molecule has 3 heterocycles. The van der Waals surface area contributed by atoms with Crippen LogP contribution in [0.4, 0.5) is 11.6 Å². The molecular formula is C26H33N7O2. The molecule has 2 fully saturated rings. The highest BCUT2D eigenvalue weighted by molar-refractivity contribution is 5.94. The summed E-state index contributed by atoms with van der Waals surface area (Å²) in [5.41, 5.74) is 5.68. The number of benzene rings is 1. The molecule has 1 saturated carbocycles. The molecule has 2 aromatic heterocycles. The molecule has 0 unspecified atom stereocenters. The Kier molecular flexibility index (Phi) is 7.06. The number of hydrogen-bond acceptors (Lipinski definition) is 7. The third-order valence-corrected chi connectivity index (χ3v) is 6.69. The van der Waals surface area contributed by atoms with Gasteiger partial charge in [-0.3, -0.25) is 14.4 Å². The molecule has 0 atom stereocenters. The van der Waals surface area contributed by atoms with Gasteiger partial charge in [0.15, 0.2) is 0 Å². The summed E-state index contributed by atoms with van der Waals surface area (Å²) in [4.78, 5) is 24.1. The Bertz CT molecular complexity index is 1160. The molecule has 9 heteroatoms. The molecule has 35 heavy (non-hydrogen) atoms. The lowest BCUT2D eigenvalue weighted by Gasteiger charge is -2.26. The minimum absolute atomic E-state index is 0.0709. The van der Waals surface area contributed by atoms with Crippen molar-refractivity contribution in [1.82, 2.24) is 30.0 Å². The van der Waals surface area contributed by atoms with E-state index in [0.29, 0.717) is 18.1 Å². The highest BCUT2D eigenvalue weighted by atomic mass is 16.5. The van der Waals surface area contributed by atoms with Gasteiger partial charge in [-0.1, -0.05) is 0 Å². The van der Waals surface area contributed by atoms with Gasteiger partial charge >= 0.3 is 0 Å². The van der Waals surface area contributed by atoms with E-state index in [1.807, 2.05) is 55.3 Å². The first-order chi connectivity index (χ1) is 17.1. The number of nitrogens with zero attached hydrogens (tertiary/aromatic N) is 5. The van der Waals surface area contributed by atoms with E-state index in [1.165, 1.54) is 18.5 Å². The molecule has 5 rings (SSSR count). The van der Waals surface area contributed by atoms with Crippen LogP contribution in [0.2, 0.25) is 0 Å². The summed E-state index contributed by atoms with van der Waals surface area (Å²) < 4.78 is 7.32. The maximum absolute atomic E-state index is 12.5. The smallest absolute Gasteiger partial charge is 0.251 e. The van der Waals surface area contributed by atoms with Crippen molar-refractivity contribution in [2.75, 3.05) is 44.7 Å². The minimum atomic E-state index is -0.0709. The van der Waals surface area contributed by atoms with Gasteiger partial charge in [-0.15, -0.1) is 0 Å². The quantitative estimate of drug-likeness (QED) is 0.491. The molecule has 1 aliphatic carbocycles. The van der Waals surface area contributed by atoms with E-state index in [9.17, 15) is 4.79 Å². The van der Waals surface area contributed by atoms with Crippen molar-refractivity contribution in [2.24, 2.45) is 13.0 Å². The third-order valence-electron chi connectivity index (χ3n) is 6.69. The van der Waals surface area contributed by atoms with Gasteiger partial charge in [-0.25, -0.2) is 9.97 Å². The fourth-order valence-corrected chi connectivity index (χ4v) is 4.36. The number of aryl methyl sites for hydroxylation is 2. The number of carbonyl (C=O) groups is 1. The zero-order chi connectivity index (χ0) is 24.2. The maximum Gasteiger partial charge on any atom is 0.251 e. The van der Waals surface area contributed by atoms with E-state index >= 15 is 0 Å². The van der Waals surface area contributed by atoms with E-state index in [1.54, 1.807) is 0 Å². The Morgan fingerprint density at radius 2 is 1.91 bits per heavy atom. The topological polar surface area (TPSA) is 97.2 Å². The molecule has 184 valence electrons. The van der Waals surface area contributed by atoms with Crippen LogP contribution in [0.15, 0.2) is 36.7 Å². The van der Waals surface area contributed by atoms with Gasteiger partial charge in [0.1, 0.15) is 0 Å². The zero-order valence-electron chi connectivity index (χ0n) is 20.5. The molecule has 1 aromatic carbocycles. The summed E-state index contributed by atoms with van der Waals surface area (Å²) in [6, 6.07) is 7.39. The van der Waals surface area contributed by atoms with Crippen LogP contribution in [-0.4, -0.2) is 69.9 Å². The Balaban J connectivity index is 1.21. The van der Waals surface area contributed by atoms with Crippen LogP contribution in [0.3, 0.4) is 0 Å². The Hall–Kier alpha value is -3.30. The van der Waals surface area contributed by atoms with Crippen molar-refractivity contribution >= 4 is 17.5 Å². The fourth-order valence-electron chi connectivity index (χ4n) is 4.36. The molecular weight excluding hydrogens is 442 g/mol. The van der Waals surface area contributed by atoms with Crippen LogP contribution >= 0.6 is 0 Å². The van der Waals surface area contributed by atoms with Crippen molar-refractivity contribution in [1.29, 1.82) is 0 Å². The van der Waals surface area contributed by atoms with Crippen LogP contribution in [0.5, 0.6) is 0 Å². The second kappa shape index (κ2) is 10.5. The first kappa shape index (κ1) is 23.4. The Morgan fingerprint density at radius 3 is 2.66 bits per heavy atom. The van der Waals surface area contributed by atoms with Crippen LogP contribution in [-0.2, 0) is 18.2 Å². The molecule has 1 saturated heterocycles. The average Bonchev–Trinajstić information content (AvgIpc) is 3.63. The second-order valence-corrected chi connectivity index (χ2v) is 9.41. The largest absolute Gasteiger partial charge is 0.379 e. The Morgan fingerprint density at radius 1 is 1.14 bits per heavy atom. The van der Waals surface area contributed by atoms with E-state index in [4.69, 9.17) is 9.72 Å². The van der Waals surface area contributed by atoms with E-state index in [2.05, 4.69) is 25.6 Å².